The molecule has 7 heteroatoms. The number of nitrogens with zero attached hydrogens (tertiary/aromatic N) is 2. The molecule has 1 aliphatic rings. The van der Waals surface area contributed by atoms with Crippen molar-refractivity contribution in [2.45, 2.75) is 0 Å². The van der Waals surface area contributed by atoms with Crippen LogP contribution in [-0.4, -0.2) is 38.2 Å². The van der Waals surface area contributed by atoms with E-state index in [0.29, 0.717) is 41.8 Å². The fourth-order valence-corrected chi connectivity index (χ4v) is 2.92. The Morgan fingerprint density at radius 3 is 2.34 bits per heavy atom. The van der Waals surface area contributed by atoms with Gasteiger partial charge in [-0.3, -0.25) is 4.79 Å². The highest BCUT2D eigenvalue weighted by atomic mass is 16.6. The van der Waals surface area contributed by atoms with Crippen molar-refractivity contribution in [2.75, 3.05) is 42.8 Å². The van der Waals surface area contributed by atoms with Gasteiger partial charge in [0, 0.05) is 43.4 Å². The molecule has 0 bridgehead atoms. The van der Waals surface area contributed by atoms with Crippen LogP contribution >= 0.6 is 0 Å². The summed E-state index contributed by atoms with van der Waals surface area (Å²) in [6.45, 7) is 1.03. The summed E-state index contributed by atoms with van der Waals surface area (Å²) in [7, 11) is 4.00. The van der Waals surface area contributed by atoms with Gasteiger partial charge in [0.2, 0.25) is 0 Å². The van der Waals surface area contributed by atoms with Crippen molar-refractivity contribution in [1.82, 2.24) is 4.98 Å². The van der Waals surface area contributed by atoms with Gasteiger partial charge in [-0.15, -0.1) is 0 Å². The highest BCUT2D eigenvalue weighted by Crippen LogP contribution is 2.32. The number of hydrogen-bond acceptors (Lipinski definition) is 6. The summed E-state index contributed by atoms with van der Waals surface area (Å²) in [5.41, 5.74) is 3.15. The lowest BCUT2D eigenvalue weighted by Gasteiger charge is -2.19. The van der Waals surface area contributed by atoms with Gasteiger partial charge in [-0.25, -0.2) is 4.98 Å². The summed E-state index contributed by atoms with van der Waals surface area (Å²) < 4.78 is 11.0. The second kappa shape index (κ2) is 8.10. The number of pyridine rings is 1. The number of hydrogen-bond donors (Lipinski definition) is 2. The van der Waals surface area contributed by atoms with Crippen molar-refractivity contribution in [3.63, 3.8) is 0 Å². The van der Waals surface area contributed by atoms with Crippen LogP contribution in [0.3, 0.4) is 0 Å². The number of rotatable bonds is 5. The molecule has 0 saturated heterocycles. The van der Waals surface area contributed by atoms with Crippen LogP contribution < -0.4 is 25.0 Å². The SMILES string of the molecule is CN(C)c1ccc(Nc2ccc(C(=O)Nc3ccc4c(c3)OCCO4)cn2)cc1. The molecule has 0 atom stereocenters. The molecule has 0 radical (unpaired) electrons. The lowest BCUT2D eigenvalue weighted by atomic mass is 10.2. The van der Waals surface area contributed by atoms with Gasteiger partial charge in [-0.05, 0) is 48.5 Å². The Labute approximate surface area is 169 Å². The number of amides is 1. The third-order valence-electron chi connectivity index (χ3n) is 4.48. The van der Waals surface area contributed by atoms with Crippen molar-refractivity contribution in [2.24, 2.45) is 0 Å². The summed E-state index contributed by atoms with van der Waals surface area (Å²) in [6, 6.07) is 16.9. The van der Waals surface area contributed by atoms with E-state index in [1.807, 2.05) is 43.3 Å². The molecular weight excluding hydrogens is 368 g/mol. The zero-order chi connectivity index (χ0) is 20.2. The topological polar surface area (TPSA) is 75.7 Å². The van der Waals surface area contributed by atoms with Crippen LogP contribution in [0.2, 0.25) is 0 Å². The van der Waals surface area contributed by atoms with E-state index in [-0.39, 0.29) is 5.91 Å². The molecule has 2 aromatic carbocycles. The predicted octanol–water partition coefficient (Wildman–Crippen LogP) is 3.91. The molecule has 3 aromatic rings. The monoisotopic (exact) mass is 390 g/mol. The summed E-state index contributed by atoms with van der Waals surface area (Å²) in [5, 5.41) is 6.08. The molecule has 1 amide bonds. The molecule has 0 spiro atoms. The number of anilines is 4. The van der Waals surface area contributed by atoms with Crippen LogP contribution in [0.25, 0.3) is 0 Å². The predicted molar refractivity (Wildman–Crippen MR) is 114 cm³/mol. The summed E-state index contributed by atoms with van der Waals surface area (Å²) in [6.07, 6.45) is 1.55. The van der Waals surface area contributed by atoms with Crippen LogP contribution in [0.1, 0.15) is 10.4 Å². The van der Waals surface area contributed by atoms with E-state index in [4.69, 9.17) is 9.47 Å². The number of ether oxygens (including phenoxy) is 2. The Balaban J connectivity index is 1.40. The van der Waals surface area contributed by atoms with Gasteiger partial charge in [0.15, 0.2) is 11.5 Å². The van der Waals surface area contributed by atoms with E-state index in [0.717, 1.165) is 11.4 Å². The van der Waals surface area contributed by atoms with Crippen molar-refractivity contribution in [1.29, 1.82) is 0 Å². The Morgan fingerprint density at radius 1 is 0.931 bits per heavy atom. The first kappa shape index (κ1) is 18.6. The Kier molecular flexibility index (Phi) is 5.20. The average molecular weight is 390 g/mol. The zero-order valence-corrected chi connectivity index (χ0v) is 16.3. The summed E-state index contributed by atoms with van der Waals surface area (Å²) >= 11 is 0. The molecule has 29 heavy (non-hydrogen) atoms. The maximum Gasteiger partial charge on any atom is 0.257 e. The quantitative estimate of drug-likeness (QED) is 0.688. The first-order valence-electron chi connectivity index (χ1n) is 9.30. The lowest BCUT2D eigenvalue weighted by molar-refractivity contribution is 0.102. The first-order valence-corrected chi connectivity index (χ1v) is 9.30. The van der Waals surface area contributed by atoms with Crippen LogP contribution in [0.5, 0.6) is 11.5 Å². The minimum atomic E-state index is -0.240. The minimum Gasteiger partial charge on any atom is -0.486 e. The molecule has 1 aliphatic heterocycles. The molecular formula is C22H22N4O3. The first-order chi connectivity index (χ1) is 14.1. The standard InChI is InChI=1S/C22H22N4O3/c1-26(2)18-7-4-16(5-8-18)24-21-10-3-15(14-23-21)22(27)25-17-6-9-19-20(13-17)29-12-11-28-19/h3-10,13-14H,11-12H2,1-2H3,(H,23,24)(H,25,27). The number of carbonyl (C=O) groups excluding carboxylic acids is 1. The fraction of sp³-hybridized carbons (Fsp3) is 0.182. The summed E-state index contributed by atoms with van der Waals surface area (Å²) in [5.74, 6) is 1.74. The third-order valence-corrected chi connectivity index (χ3v) is 4.48. The molecule has 2 heterocycles. The normalized spacial score (nSPS) is 12.2. The maximum atomic E-state index is 12.5. The van der Waals surface area contributed by atoms with Crippen LogP contribution in [-0.2, 0) is 0 Å². The van der Waals surface area contributed by atoms with Gasteiger partial charge >= 0.3 is 0 Å². The van der Waals surface area contributed by atoms with E-state index in [1.165, 1.54) is 0 Å². The minimum absolute atomic E-state index is 0.240. The number of aromatic nitrogens is 1. The average Bonchev–Trinajstić information content (AvgIpc) is 2.74. The number of benzene rings is 2. The second-order valence-corrected chi connectivity index (χ2v) is 6.81. The van der Waals surface area contributed by atoms with Crippen LogP contribution in [0.15, 0.2) is 60.8 Å². The fourth-order valence-electron chi connectivity index (χ4n) is 2.92. The summed E-state index contributed by atoms with van der Waals surface area (Å²) in [4.78, 5) is 18.9. The molecule has 1 aromatic heterocycles. The number of carbonyl (C=O) groups is 1. The van der Waals surface area contributed by atoms with Gasteiger partial charge < -0.3 is 25.0 Å². The highest BCUT2D eigenvalue weighted by Gasteiger charge is 2.13. The molecule has 0 saturated carbocycles. The van der Waals surface area contributed by atoms with Gasteiger partial charge in [-0.1, -0.05) is 0 Å². The van der Waals surface area contributed by atoms with Crippen molar-refractivity contribution < 1.29 is 14.3 Å². The highest BCUT2D eigenvalue weighted by molar-refractivity contribution is 6.04. The van der Waals surface area contributed by atoms with Crippen molar-refractivity contribution in [3.05, 3.63) is 66.4 Å². The van der Waals surface area contributed by atoms with Gasteiger partial charge in [0.25, 0.3) is 5.91 Å². The van der Waals surface area contributed by atoms with Crippen LogP contribution in [0.4, 0.5) is 22.9 Å². The Bertz CT molecular complexity index is 1000. The molecule has 0 fully saturated rings. The van der Waals surface area contributed by atoms with E-state index < -0.39 is 0 Å². The largest absolute Gasteiger partial charge is 0.486 e. The van der Waals surface area contributed by atoms with Gasteiger partial charge in [0.1, 0.15) is 19.0 Å². The van der Waals surface area contributed by atoms with E-state index >= 15 is 0 Å². The van der Waals surface area contributed by atoms with Gasteiger partial charge in [0.05, 0.1) is 5.56 Å². The molecule has 0 aliphatic carbocycles. The van der Waals surface area contributed by atoms with Crippen molar-refractivity contribution in [3.8, 4) is 11.5 Å². The van der Waals surface area contributed by atoms with Crippen molar-refractivity contribution >= 4 is 28.8 Å². The van der Waals surface area contributed by atoms with E-state index in [9.17, 15) is 4.79 Å². The maximum absolute atomic E-state index is 12.5. The smallest absolute Gasteiger partial charge is 0.257 e. The van der Waals surface area contributed by atoms with Crippen LogP contribution in [0, 0.1) is 0 Å². The molecule has 7 nitrogen and oxygen atoms in total. The number of fused-ring (bicyclic) bond motifs is 1. The molecule has 148 valence electrons. The van der Waals surface area contributed by atoms with E-state index in [1.54, 1.807) is 36.5 Å². The molecule has 2 N–H and O–H groups in total. The van der Waals surface area contributed by atoms with E-state index in [2.05, 4.69) is 15.6 Å². The Hall–Kier alpha value is -3.74. The molecule has 0 unspecified atom stereocenters. The lowest BCUT2D eigenvalue weighted by Crippen LogP contribution is -2.16. The molecule has 4 rings (SSSR count). The van der Waals surface area contributed by atoms with Gasteiger partial charge in [-0.2, -0.15) is 0 Å². The second-order valence-electron chi connectivity index (χ2n) is 6.81. The Morgan fingerprint density at radius 2 is 1.66 bits per heavy atom. The zero-order valence-electron chi connectivity index (χ0n) is 16.3. The number of nitrogens with one attached hydrogen (secondary N) is 2. The third kappa shape index (κ3) is 4.40.